The van der Waals surface area contributed by atoms with Gasteiger partial charge in [0.2, 0.25) is 0 Å². The van der Waals surface area contributed by atoms with Crippen LogP contribution in [0, 0.1) is 5.92 Å². The number of aryl methyl sites for hydroxylation is 1. The number of nitrogens with one attached hydrogen (secondary N) is 6. The first kappa shape index (κ1) is 74.9. The number of benzene rings is 4. The number of carbonyl (C=O) groups is 7. The number of carbonyl (C=O) groups excluding carboxylic acids is 7. The molecular formula is C67H83N7O18S. The smallest absolute Gasteiger partial charge is 0.271 e. The van der Waals surface area contributed by atoms with E-state index >= 15 is 0 Å². The van der Waals surface area contributed by atoms with Crippen LogP contribution in [0.25, 0.3) is 5.57 Å². The minimum atomic E-state index is -1.28. The Labute approximate surface area is 543 Å². The minimum Gasteiger partial charge on any atom is -0.497 e. The van der Waals surface area contributed by atoms with Crippen LogP contribution in [0.5, 0.6) is 11.5 Å². The molecule has 5 atom stereocenters. The second kappa shape index (κ2) is 39.6. The highest BCUT2D eigenvalue weighted by Crippen LogP contribution is 2.34. The quantitative estimate of drug-likeness (QED) is 0.0465. The monoisotopic (exact) mass is 1310 g/mol. The van der Waals surface area contributed by atoms with Gasteiger partial charge >= 0.3 is 0 Å². The van der Waals surface area contributed by atoms with E-state index in [1.807, 2.05) is 79.7 Å². The fraction of sp³-hybridized carbons (Fsp3) is 0.358. The normalized spacial score (nSPS) is 19.2. The summed E-state index contributed by atoms with van der Waals surface area (Å²) in [6, 6.07) is 33.0. The third-order valence-electron chi connectivity index (χ3n) is 15.8. The molecule has 1 aliphatic heterocycles. The number of hydroxylamine groups is 6. The summed E-state index contributed by atoms with van der Waals surface area (Å²) in [5, 5.41) is 78.5. The van der Waals surface area contributed by atoms with Gasteiger partial charge in [-0.2, -0.15) is 0 Å². The molecule has 0 saturated heterocycles. The maximum Gasteiger partial charge on any atom is 0.271 e. The minimum absolute atomic E-state index is 0.0489. The molecule has 0 fully saturated rings. The molecule has 0 radical (unpaired) electrons. The van der Waals surface area contributed by atoms with Gasteiger partial charge in [-0.1, -0.05) is 78.9 Å². The Balaban J connectivity index is 0.000000206. The molecule has 1 heterocycles. The molecule has 0 aromatic heterocycles. The van der Waals surface area contributed by atoms with E-state index in [-0.39, 0.29) is 35.6 Å². The standard InChI is InChI=1S/C16H21NO3.C14H16N2O4.C13H15NO2S.C11H11NO2.C7H11NO5.C6H9NO2/c1-20-15-9-7-12(8-10-15)5-6-13-3-2-4-14(11-13)16(18)17-19;1-20-12-4-2-11(3-5-12)14(18)16-8-6-10(7-9-16)13(17)15-19;15-13(14-16)10-5-4-8-12(9-10)17-11-6-2-1-3-7-11;1-7-9-5-3-2-4-8(9)6-10(7)11(13)12-14;9-4-1-3(7(12)8-13)2-5(10)6(4)11;8-6(7-9)5-3-1-2-4-5/h7-11,13,19H,2-6H2,1H3,(H,17,18);2-6,19H,7-9H2,1H3,(H,15,17);1-3,6-7,9,12,16H,4-5,8H2,(H,14,15);2-5,14H,6H2,1H3,(H,12,13);1,4-6,9-11,13H,2H2,(H,8,12);3,9H,1-2,4H2,(H,7,8)/t;;;;4-,5-,6-;/m....1./s1. The summed E-state index contributed by atoms with van der Waals surface area (Å²) >= 11 is 1.76. The number of rotatable bonds is 14. The van der Waals surface area contributed by atoms with Gasteiger partial charge in [0.25, 0.3) is 41.4 Å². The number of hydrogen-bond donors (Lipinski definition) is 15. The highest BCUT2D eigenvalue weighted by atomic mass is 32.2. The lowest BCUT2D eigenvalue weighted by atomic mass is 9.86. The van der Waals surface area contributed by atoms with Crippen LogP contribution >= 0.6 is 11.8 Å². The average Bonchev–Trinajstić information content (AvgIpc) is 1.72. The largest absolute Gasteiger partial charge is 0.497 e. The van der Waals surface area contributed by atoms with Gasteiger partial charge in [0.1, 0.15) is 23.7 Å². The van der Waals surface area contributed by atoms with Crippen molar-refractivity contribution in [2.24, 2.45) is 5.92 Å². The lowest BCUT2D eigenvalue weighted by Gasteiger charge is -2.26. The number of ether oxygens (including phenoxy) is 2. The summed E-state index contributed by atoms with van der Waals surface area (Å²) in [7, 11) is 3.23. The Hall–Kier alpha value is -8.80. The number of methoxy groups -OCH3 is 2. The molecule has 0 spiro atoms. The van der Waals surface area contributed by atoms with Gasteiger partial charge in [-0.05, 0) is 167 Å². The van der Waals surface area contributed by atoms with Crippen molar-refractivity contribution >= 4 is 58.7 Å². The van der Waals surface area contributed by atoms with Crippen molar-refractivity contribution < 1.29 is 89.6 Å². The van der Waals surface area contributed by atoms with Crippen molar-refractivity contribution in [1.29, 1.82) is 0 Å². The molecule has 15 N–H and O–H groups in total. The summed E-state index contributed by atoms with van der Waals surface area (Å²) in [5.41, 5.74) is 18.0. The predicted octanol–water partition coefficient (Wildman–Crippen LogP) is 6.62. The van der Waals surface area contributed by atoms with E-state index < -0.39 is 36.0 Å². The van der Waals surface area contributed by atoms with Crippen LogP contribution in [0.2, 0.25) is 0 Å². The molecular weight excluding hydrogens is 1220 g/mol. The number of fused-ring (bicyclic) bond motifs is 1. The number of amides is 7. The number of aliphatic hydroxyl groups excluding tert-OH is 3. The molecule has 500 valence electrons. The first-order valence-electron chi connectivity index (χ1n) is 30.1. The fourth-order valence-electron chi connectivity index (χ4n) is 10.6. The summed E-state index contributed by atoms with van der Waals surface area (Å²) in [5.74, 6) is -0.902. The fourth-order valence-corrected chi connectivity index (χ4v) is 11.8. The van der Waals surface area contributed by atoms with Crippen molar-refractivity contribution in [1.82, 2.24) is 37.8 Å². The zero-order valence-corrected chi connectivity index (χ0v) is 52.8. The van der Waals surface area contributed by atoms with Gasteiger partial charge in [-0.25, -0.2) is 32.9 Å². The zero-order chi connectivity index (χ0) is 67.8. The average molecular weight is 1310 g/mol. The van der Waals surface area contributed by atoms with E-state index in [1.54, 1.807) is 88.6 Å². The Morgan fingerprint density at radius 2 is 1.09 bits per heavy atom. The van der Waals surface area contributed by atoms with E-state index in [9.17, 15) is 33.6 Å². The first-order chi connectivity index (χ1) is 44.8. The number of aliphatic hydroxyl groups is 3. The molecule has 6 aliphatic rings. The predicted molar refractivity (Wildman–Crippen MR) is 341 cm³/mol. The SMILES string of the molecule is CC1=C(C(=O)NO)Cc2ccccc21.COc1ccc(C(=O)N2CC=C(C(=O)NO)CC2)cc1.COc1ccc(CCC2C=C(C(=O)NO)CCC2)cc1.O=C(NO)C1=CC(Sc2ccccc2)CCC1.O=C(NO)C1=CCCC1.O=C(NO)C1=C[C@@H](O)[C@@H](O)[C@H](O)C1. The molecule has 0 saturated carbocycles. The molecule has 0 bridgehead atoms. The summed E-state index contributed by atoms with van der Waals surface area (Å²) in [6.07, 6.45) is 16.2. The van der Waals surface area contributed by atoms with Gasteiger partial charge in [-0.15, -0.1) is 11.8 Å². The van der Waals surface area contributed by atoms with Crippen molar-refractivity contribution in [2.45, 2.75) is 125 Å². The van der Waals surface area contributed by atoms with E-state index in [4.69, 9.17) is 56.0 Å². The second-order valence-electron chi connectivity index (χ2n) is 21.9. The molecule has 26 heteroatoms. The third-order valence-corrected chi connectivity index (χ3v) is 17.0. The molecule has 4 aromatic rings. The van der Waals surface area contributed by atoms with Crippen LogP contribution in [-0.4, -0.2) is 144 Å². The Morgan fingerprint density at radius 3 is 1.62 bits per heavy atom. The van der Waals surface area contributed by atoms with Crippen LogP contribution in [0.15, 0.2) is 172 Å². The molecule has 7 amide bonds. The summed E-state index contributed by atoms with van der Waals surface area (Å²) in [4.78, 5) is 81.8. The van der Waals surface area contributed by atoms with Crippen LogP contribution in [-0.2, 0) is 41.6 Å². The van der Waals surface area contributed by atoms with Crippen LogP contribution in [0.1, 0.15) is 111 Å². The van der Waals surface area contributed by atoms with Crippen molar-refractivity contribution in [2.75, 3.05) is 27.3 Å². The Kier molecular flexibility index (Phi) is 31.9. The van der Waals surface area contributed by atoms with Gasteiger partial charge < -0.3 is 29.7 Å². The van der Waals surface area contributed by atoms with E-state index in [0.29, 0.717) is 76.3 Å². The lowest BCUT2D eigenvalue weighted by Crippen LogP contribution is -2.42. The van der Waals surface area contributed by atoms with Gasteiger partial charge in [0.15, 0.2) is 0 Å². The molecule has 25 nitrogen and oxygen atoms in total. The van der Waals surface area contributed by atoms with Crippen molar-refractivity contribution in [3.63, 3.8) is 0 Å². The maximum absolute atomic E-state index is 12.3. The zero-order valence-electron chi connectivity index (χ0n) is 52.0. The molecule has 10 rings (SSSR count). The maximum atomic E-state index is 12.3. The van der Waals surface area contributed by atoms with Crippen LogP contribution < -0.4 is 42.4 Å². The van der Waals surface area contributed by atoms with Crippen LogP contribution in [0.4, 0.5) is 0 Å². The van der Waals surface area contributed by atoms with Crippen molar-refractivity contribution in [3.8, 4) is 11.5 Å². The van der Waals surface area contributed by atoms with E-state index in [0.717, 1.165) is 99.2 Å². The molecule has 93 heavy (non-hydrogen) atoms. The third kappa shape index (κ3) is 23.7. The van der Waals surface area contributed by atoms with Gasteiger partial charge in [0, 0.05) is 75.1 Å². The molecule has 4 aromatic carbocycles. The lowest BCUT2D eigenvalue weighted by molar-refractivity contribution is -0.127. The van der Waals surface area contributed by atoms with Crippen molar-refractivity contribution in [3.05, 3.63) is 189 Å². The molecule has 5 aliphatic carbocycles. The van der Waals surface area contributed by atoms with E-state index in [2.05, 4.69) is 24.3 Å². The van der Waals surface area contributed by atoms with Gasteiger partial charge in [0.05, 0.1) is 20.3 Å². The highest BCUT2D eigenvalue weighted by Gasteiger charge is 2.32. The van der Waals surface area contributed by atoms with Crippen LogP contribution in [0.3, 0.4) is 0 Å². The number of thioether (sulfide) groups is 1. The Bertz CT molecular complexity index is 3350. The first-order valence-corrected chi connectivity index (χ1v) is 31.0. The Morgan fingerprint density at radius 1 is 0.559 bits per heavy atom. The summed E-state index contributed by atoms with van der Waals surface area (Å²) < 4.78 is 10.2. The van der Waals surface area contributed by atoms with Gasteiger partial charge in [-0.3, -0.25) is 64.8 Å². The summed E-state index contributed by atoms with van der Waals surface area (Å²) in [6.45, 7) is 2.70. The topological polar surface area (TPSA) is 395 Å². The number of hydrogen-bond acceptors (Lipinski definition) is 19. The number of allylic oxidation sites excluding steroid dienone is 3. The van der Waals surface area contributed by atoms with E-state index in [1.165, 1.54) is 15.9 Å². The number of nitrogens with zero attached hydrogens (tertiary/aromatic N) is 1. The highest BCUT2D eigenvalue weighted by molar-refractivity contribution is 8.00. The second-order valence-corrected chi connectivity index (χ2v) is 23.2. The molecule has 2 unspecified atom stereocenters.